The molecule has 0 amide bonds. The van der Waals surface area contributed by atoms with Crippen LogP contribution in [-0.2, 0) is 14.3 Å². The lowest BCUT2D eigenvalue weighted by atomic mass is 10.0. The Labute approximate surface area is 97.9 Å². The minimum absolute atomic E-state index is 0.0144. The van der Waals surface area contributed by atoms with E-state index in [1.807, 2.05) is 0 Å². The van der Waals surface area contributed by atoms with Crippen molar-refractivity contribution in [2.75, 3.05) is 6.61 Å². The van der Waals surface area contributed by atoms with Crippen LogP contribution in [0.3, 0.4) is 0 Å². The molecule has 0 aromatic carbocycles. The average Bonchev–Trinajstić information content (AvgIpc) is 2.32. The van der Waals surface area contributed by atoms with Crippen molar-refractivity contribution in [3.63, 3.8) is 0 Å². The molecule has 0 rings (SSSR count). The number of aldehydes is 1. The van der Waals surface area contributed by atoms with Crippen LogP contribution in [0.2, 0.25) is 0 Å². The molecule has 7 nitrogen and oxygen atoms in total. The van der Waals surface area contributed by atoms with Gasteiger partial charge in [0.25, 0.3) is 0 Å². The van der Waals surface area contributed by atoms with Gasteiger partial charge < -0.3 is 30.0 Å². The van der Waals surface area contributed by atoms with Crippen LogP contribution in [0.15, 0.2) is 12.2 Å². The monoisotopic (exact) mass is 248 g/mol. The molecule has 0 unspecified atom stereocenters. The topological polar surface area (TPSA) is 124 Å². The van der Waals surface area contributed by atoms with Crippen LogP contribution in [0, 0.1) is 0 Å². The smallest absolute Gasteiger partial charge is 0.333 e. The Balaban J connectivity index is 4.22. The predicted octanol–water partition coefficient (Wildman–Crippen LogP) is -2.25. The van der Waals surface area contributed by atoms with Gasteiger partial charge in [0.05, 0.1) is 0 Å². The van der Waals surface area contributed by atoms with Crippen LogP contribution in [0.4, 0.5) is 0 Å². The second kappa shape index (κ2) is 7.13. The Morgan fingerprint density at radius 3 is 2.24 bits per heavy atom. The summed E-state index contributed by atoms with van der Waals surface area (Å²) in [5.41, 5.74) is 0.111. The van der Waals surface area contributed by atoms with Crippen LogP contribution >= 0.6 is 0 Å². The van der Waals surface area contributed by atoms with Gasteiger partial charge in [-0.2, -0.15) is 0 Å². The first-order chi connectivity index (χ1) is 7.81. The number of ether oxygens (including phenoxy) is 1. The van der Waals surface area contributed by atoms with Crippen LogP contribution < -0.4 is 0 Å². The SMILES string of the molecule is C=C(C)C(=O)OC[C@@H](O)[C@@H](O)[C@H](O)[C@@H](O)C=O. The highest BCUT2D eigenvalue weighted by molar-refractivity contribution is 5.86. The summed E-state index contributed by atoms with van der Waals surface area (Å²) in [7, 11) is 0. The maximum Gasteiger partial charge on any atom is 0.333 e. The minimum Gasteiger partial charge on any atom is -0.459 e. The summed E-state index contributed by atoms with van der Waals surface area (Å²) in [6, 6.07) is 0. The Hall–Kier alpha value is -1.28. The molecule has 4 atom stereocenters. The number of carbonyl (C=O) groups is 2. The van der Waals surface area contributed by atoms with E-state index in [0.717, 1.165) is 0 Å². The second-order valence-electron chi connectivity index (χ2n) is 3.55. The Bertz CT molecular complexity index is 288. The summed E-state index contributed by atoms with van der Waals surface area (Å²) >= 11 is 0. The molecule has 0 spiro atoms. The van der Waals surface area contributed by atoms with Gasteiger partial charge in [0, 0.05) is 5.57 Å². The molecular weight excluding hydrogens is 232 g/mol. The molecule has 0 saturated carbocycles. The zero-order valence-corrected chi connectivity index (χ0v) is 9.31. The van der Waals surface area contributed by atoms with Gasteiger partial charge in [-0.15, -0.1) is 0 Å². The van der Waals surface area contributed by atoms with E-state index in [-0.39, 0.29) is 11.9 Å². The predicted molar refractivity (Wildman–Crippen MR) is 55.9 cm³/mol. The summed E-state index contributed by atoms with van der Waals surface area (Å²) in [4.78, 5) is 21.1. The molecule has 7 heteroatoms. The number of rotatable bonds is 7. The van der Waals surface area contributed by atoms with Crippen molar-refractivity contribution in [1.29, 1.82) is 0 Å². The zero-order chi connectivity index (χ0) is 13.6. The van der Waals surface area contributed by atoms with Crippen molar-refractivity contribution < 1.29 is 34.8 Å². The second-order valence-corrected chi connectivity index (χ2v) is 3.55. The van der Waals surface area contributed by atoms with Crippen molar-refractivity contribution in [3.8, 4) is 0 Å². The van der Waals surface area contributed by atoms with Gasteiger partial charge in [-0.1, -0.05) is 6.58 Å². The van der Waals surface area contributed by atoms with E-state index in [4.69, 9.17) is 5.11 Å². The summed E-state index contributed by atoms with van der Waals surface area (Å²) < 4.78 is 4.52. The third-order valence-electron chi connectivity index (χ3n) is 1.97. The Morgan fingerprint density at radius 2 is 1.82 bits per heavy atom. The molecular formula is C10H16O7. The summed E-state index contributed by atoms with van der Waals surface area (Å²) in [6.07, 6.45) is -7.10. The third-order valence-corrected chi connectivity index (χ3v) is 1.97. The molecule has 0 saturated heterocycles. The molecule has 98 valence electrons. The molecule has 0 aliphatic rings. The number of aliphatic hydroxyl groups excluding tert-OH is 4. The van der Waals surface area contributed by atoms with Crippen LogP contribution in [0.5, 0.6) is 0 Å². The average molecular weight is 248 g/mol. The number of aliphatic hydroxyl groups is 4. The van der Waals surface area contributed by atoms with Gasteiger partial charge in [-0.3, -0.25) is 0 Å². The molecule has 0 bridgehead atoms. The van der Waals surface area contributed by atoms with Crippen molar-refractivity contribution in [2.45, 2.75) is 31.3 Å². The highest BCUT2D eigenvalue weighted by atomic mass is 16.5. The molecule has 0 heterocycles. The van der Waals surface area contributed by atoms with Crippen molar-refractivity contribution in [1.82, 2.24) is 0 Å². The van der Waals surface area contributed by atoms with Crippen molar-refractivity contribution in [2.24, 2.45) is 0 Å². The first-order valence-electron chi connectivity index (χ1n) is 4.81. The molecule has 0 aliphatic heterocycles. The molecule has 17 heavy (non-hydrogen) atoms. The van der Waals surface area contributed by atoms with Gasteiger partial charge in [0.15, 0.2) is 6.29 Å². The lowest BCUT2D eigenvalue weighted by Crippen LogP contribution is -2.46. The molecule has 0 radical (unpaired) electrons. The maximum absolute atomic E-state index is 10.9. The van der Waals surface area contributed by atoms with Gasteiger partial charge in [0.1, 0.15) is 31.0 Å². The lowest BCUT2D eigenvalue weighted by molar-refractivity contribution is -0.152. The normalized spacial score (nSPS) is 17.7. The largest absolute Gasteiger partial charge is 0.459 e. The first kappa shape index (κ1) is 15.7. The van der Waals surface area contributed by atoms with Gasteiger partial charge in [-0.25, -0.2) is 4.79 Å². The van der Waals surface area contributed by atoms with Crippen LogP contribution in [-0.4, -0.2) is 63.7 Å². The number of hydrogen-bond acceptors (Lipinski definition) is 7. The standard InChI is InChI=1S/C10H16O7/c1-5(2)10(16)17-4-7(13)9(15)8(14)6(12)3-11/h3,6-9,12-15H,1,4H2,2H3/t6-,7+,8+,9+/m0/s1. The van der Waals surface area contributed by atoms with E-state index in [0.29, 0.717) is 0 Å². The van der Waals surface area contributed by atoms with E-state index in [1.54, 1.807) is 0 Å². The highest BCUT2D eigenvalue weighted by Crippen LogP contribution is 2.05. The van der Waals surface area contributed by atoms with E-state index >= 15 is 0 Å². The zero-order valence-electron chi connectivity index (χ0n) is 9.31. The first-order valence-corrected chi connectivity index (χ1v) is 4.81. The van der Waals surface area contributed by atoms with E-state index < -0.39 is 37.0 Å². The highest BCUT2D eigenvalue weighted by Gasteiger charge is 2.30. The van der Waals surface area contributed by atoms with Crippen molar-refractivity contribution >= 4 is 12.3 Å². The quantitative estimate of drug-likeness (QED) is 0.228. The molecule has 0 aliphatic carbocycles. The van der Waals surface area contributed by atoms with Crippen molar-refractivity contribution in [3.05, 3.63) is 12.2 Å². The lowest BCUT2D eigenvalue weighted by Gasteiger charge is -2.23. The Kier molecular flexibility index (Phi) is 6.59. The van der Waals surface area contributed by atoms with E-state index in [1.165, 1.54) is 6.92 Å². The fourth-order valence-corrected chi connectivity index (χ4v) is 0.893. The van der Waals surface area contributed by atoms with Gasteiger partial charge in [0.2, 0.25) is 0 Å². The Morgan fingerprint density at radius 1 is 1.29 bits per heavy atom. The molecule has 4 N–H and O–H groups in total. The van der Waals surface area contributed by atoms with Crippen LogP contribution in [0.1, 0.15) is 6.92 Å². The number of esters is 1. The fraction of sp³-hybridized carbons (Fsp3) is 0.600. The molecule has 0 aromatic heterocycles. The molecule has 0 fully saturated rings. The minimum atomic E-state index is -1.86. The third kappa shape index (κ3) is 5.05. The van der Waals surface area contributed by atoms with Gasteiger partial charge >= 0.3 is 5.97 Å². The summed E-state index contributed by atoms with van der Waals surface area (Å²) in [6.45, 7) is 4.11. The molecule has 0 aromatic rings. The van der Waals surface area contributed by atoms with E-state index in [9.17, 15) is 24.9 Å². The number of carbonyl (C=O) groups excluding carboxylic acids is 2. The fourth-order valence-electron chi connectivity index (χ4n) is 0.893. The number of hydrogen-bond donors (Lipinski definition) is 4. The summed E-state index contributed by atoms with van der Waals surface area (Å²) in [5, 5.41) is 36.7. The van der Waals surface area contributed by atoms with Gasteiger partial charge in [-0.05, 0) is 6.92 Å². The maximum atomic E-state index is 10.9. The summed E-state index contributed by atoms with van der Waals surface area (Å²) in [5.74, 6) is -0.762. The van der Waals surface area contributed by atoms with Crippen LogP contribution in [0.25, 0.3) is 0 Å². The van der Waals surface area contributed by atoms with E-state index in [2.05, 4.69) is 11.3 Å².